The highest BCUT2D eigenvalue weighted by molar-refractivity contribution is 7.20. The van der Waals surface area contributed by atoms with Crippen molar-refractivity contribution in [3.05, 3.63) is 28.4 Å². The molecule has 1 aliphatic heterocycles. The molecule has 1 aliphatic rings. The molecule has 9 heteroatoms. The second kappa shape index (κ2) is 6.72. The van der Waals surface area contributed by atoms with Crippen molar-refractivity contribution in [3.8, 4) is 0 Å². The molecule has 1 amide bonds. The first-order valence-corrected chi connectivity index (χ1v) is 9.98. The van der Waals surface area contributed by atoms with E-state index in [1.54, 1.807) is 4.90 Å². The van der Waals surface area contributed by atoms with Gasteiger partial charge in [0.2, 0.25) is 11.8 Å². The van der Waals surface area contributed by atoms with E-state index < -0.39 is 12.1 Å². The number of aromatic nitrogens is 4. The number of rotatable bonds is 4. The molecule has 8 nitrogen and oxygen atoms in total. The Morgan fingerprint density at radius 3 is 2.89 bits per heavy atom. The zero-order chi connectivity index (χ0) is 19.3. The van der Waals surface area contributed by atoms with E-state index in [4.69, 9.17) is 4.42 Å². The second-order valence-electron chi connectivity index (χ2n) is 7.24. The van der Waals surface area contributed by atoms with Crippen LogP contribution in [0, 0.1) is 0 Å². The zero-order valence-corrected chi connectivity index (χ0v) is 16.7. The average molecular weight is 389 g/mol. The Hall–Kier alpha value is -2.26. The SMILES string of the molecule is CCc1nnc([C@H]2C[C@@H](O)CN2C(=O)c2cc3c(C(C)C)nn(C)c3s2)o1. The van der Waals surface area contributed by atoms with Crippen LogP contribution in [-0.4, -0.2) is 48.5 Å². The number of aliphatic hydroxyl groups excluding tert-OH is 1. The van der Waals surface area contributed by atoms with E-state index >= 15 is 0 Å². The van der Waals surface area contributed by atoms with Gasteiger partial charge in [0.1, 0.15) is 10.9 Å². The van der Waals surface area contributed by atoms with Gasteiger partial charge < -0.3 is 14.4 Å². The van der Waals surface area contributed by atoms with Crippen molar-refractivity contribution >= 4 is 27.5 Å². The van der Waals surface area contributed by atoms with Gasteiger partial charge in [0.15, 0.2) is 0 Å². The number of amides is 1. The Kier molecular flexibility index (Phi) is 4.51. The van der Waals surface area contributed by atoms with Gasteiger partial charge >= 0.3 is 0 Å². The minimum absolute atomic E-state index is 0.122. The number of nitrogens with zero attached hydrogens (tertiary/aromatic N) is 5. The molecule has 2 atom stereocenters. The Balaban J connectivity index is 1.68. The molecule has 3 aromatic rings. The quantitative estimate of drug-likeness (QED) is 0.737. The molecule has 0 aliphatic carbocycles. The summed E-state index contributed by atoms with van der Waals surface area (Å²) in [5.41, 5.74) is 0.991. The first-order valence-electron chi connectivity index (χ1n) is 9.16. The van der Waals surface area contributed by atoms with Crippen molar-refractivity contribution in [2.75, 3.05) is 6.54 Å². The number of hydrogen-bond acceptors (Lipinski definition) is 7. The highest BCUT2D eigenvalue weighted by Crippen LogP contribution is 2.36. The molecule has 1 saturated heterocycles. The summed E-state index contributed by atoms with van der Waals surface area (Å²) in [6.45, 7) is 6.38. The van der Waals surface area contributed by atoms with Crippen LogP contribution in [0.4, 0.5) is 0 Å². The number of aliphatic hydroxyl groups is 1. The van der Waals surface area contributed by atoms with E-state index in [1.807, 2.05) is 24.7 Å². The van der Waals surface area contributed by atoms with Gasteiger partial charge in [-0.05, 0) is 12.0 Å². The molecule has 27 heavy (non-hydrogen) atoms. The number of fused-ring (bicyclic) bond motifs is 1. The number of hydrogen-bond donors (Lipinski definition) is 1. The van der Waals surface area contributed by atoms with Crippen molar-refractivity contribution in [2.45, 2.75) is 51.7 Å². The second-order valence-corrected chi connectivity index (χ2v) is 8.27. The minimum atomic E-state index is -0.599. The Labute approximate surface area is 160 Å². The maximum Gasteiger partial charge on any atom is 0.264 e. The molecule has 3 aromatic heterocycles. The topological polar surface area (TPSA) is 97.3 Å². The number of likely N-dealkylation sites (tertiary alicyclic amines) is 1. The maximum absolute atomic E-state index is 13.2. The van der Waals surface area contributed by atoms with Crippen molar-refractivity contribution in [1.82, 2.24) is 24.9 Å². The maximum atomic E-state index is 13.2. The molecule has 4 heterocycles. The van der Waals surface area contributed by atoms with Crippen molar-refractivity contribution in [3.63, 3.8) is 0 Å². The van der Waals surface area contributed by atoms with Crippen LogP contribution in [0.15, 0.2) is 10.5 Å². The van der Waals surface area contributed by atoms with E-state index in [9.17, 15) is 9.90 Å². The lowest BCUT2D eigenvalue weighted by atomic mass is 10.1. The van der Waals surface area contributed by atoms with E-state index in [0.29, 0.717) is 29.5 Å². The van der Waals surface area contributed by atoms with Crippen LogP contribution in [0.5, 0.6) is 0 Å². The lowest BCUT2D eigenvalue weighted by Crippen LogP contribution is -2.31. The van der Waals surface area contributed by atoms with Crippen LogP contribution in [0.25, 0.3) is 10.2 Å². The molecule has 0 radical (unpaired) electrons. The first kappa shape index (κ1) is 18.1. The number of β-amino-alcohol motifs (C(OH)–C–C–N with tert-alkyl or cyclic N) is 1. The predicted octanol–water partition coefficient (Wildman–Crippen LogP) is 2.65. The third-order valence-electron chi connectivity index (χ3n) is 4.91. The lowest BCUT2D eigenvalue weighted by Gasteiger charge is -2.20. The summed E-state index contributed by atoms with van der Waals surface area (Å²) in [6, 6.07) is 1.52. The fraction of sp³-hybridized carbons (Fsp3) is 0.556. The third kappa shape index (κ3) is 3.04. The van der Waals surface area contributed by atoms with Gasteiger partial charge in [0.05, 0.1) is 16.7 Å². The molecule has 0 unspecified atom stereocenters. The summed E-state index contributed by atoms with van der Waals surface area (Å²) in [7, 11) is 1.89. The van der Waals surface area contributed by atoms with Gasteiger partial charge in [0, 0.05) is 31.8 Å². The summed E-state index contributed by atoms with van der Waals surface area (Å²) in [5.74, 6) is 1.08. The zero-order valence-electron chi connectivity index (χ0n) is 15.8. The molecule has 0 saturated carbocycles. The van der Waals surface area contributed by atoms with Crippen molar-refractivity contribution in [1.29, 1.82) is 0 Å². The first-order chi connectivity index (χ1) is 12.9. The summed E-state index contributed by atoms with van der Waals surface area (Å²) >= 11 is 1.43. The fourth-order valence-electron chi connectivity index (χ4n) is 3.56. The van der Waals surface area contributed by atoms with Crippen LogP contribution < -0.4 is 0 Å². The molecule has 144 valence electrons. The minimum Gasteiger partial charge on any atom is -0.423 e. The van der Waals surface area contributed by atoms with E-state index in [1.165, 1.54) is 11.3 Å². The van der Waals surface area contributed by atoms with Crippen LogP contribution in [0.1, 0.15) is 66.3 Å². The number of aryl methyl sites for hydroxylation is 2. The molecule has 0 bridgehead atoms. The molecular weight excluding hydrogens is 366 g/mol. The van der Waals surface area contributed by atoms with Gasteiger partial charge in [-0.1, -0.05) is 20.8 Å². The summed E-state index contributed by atoms with van der Waals surface area (Å²) in [6.07, 6.45) is 0.441. The van der Waals surface area contributed by atoms with Gasteiger partial charge in [0.25, 0.3) is 5.91 Å². The smallest absolute Gasteiger partial charge is 0.264 e. The normalized spacial score (nSPS) is 20.3. The lowest BCUT2D eigenvalue weighted by molar-refractivity contribution is 0.0702. The van der Waals surface area contributed by atoms with Gasteiger partial charge in [-0.2, -0.15) is 5.10 Å². The number of thiophene rings is 1. The molecular formula is C18H23N5O3S. The number of carbonyl (C=O) groups is 1. The van der Waals surface area contributed by atoms with E-state index in [2.05, 4.69) is 29.1 Å². The summed E-state index contributed by atoms with van der Waals surface area (Å²) < 4.78 is 7.48. The monoisotopic (exact) mass is 389 g/mol. The Bertz CT molecular complexity index is 989. The third-order valence-corrected chi connectivity index (χ3v) is 6.10. The largest absolute Gasteiger partial charge is 0.423 e. The fourth-order valence-corrected chi connectivity index (χ4v) is 4.59. The summed E-state index contributed by atoms with van der Waals surface area (Å²) in [5, 5.41) is 23.8. The molecule has 0 aromatic carbocycles. The van der Waals surface area contributed by atoms with Crippen LogP contribution in [0.2, 0.25) is 0 Å². The Morgan fingerprint density at radius 1 is 1.44 bits per heavy atom. The molecule has 1 fully saturated rings. The van der Waals surface area contributed by atoms with Crippen LogP contribution in [-0.2, 0) is 13.5 Å². The van der Waals surface area contributed by atoms with E-state index in [0.717, 1.165) is 15.9 Å². The van der Waals surface area contributed by atoms with E-state index in [-0.39, 0.29) is 18.4 Å². The van der Waals surface area contributed by atoms with Crippen LogP contribution in [0.3, 0.4) is 0 Å². The van der Waals surface area contributed by atoms with Crippen LogP contribution >= 0.6 is 11.3 Å². The standard InChI is InChI=1S/C18H23N5O3S/c1-5-14-19-20-16(26-14)12-6-10(24)8-23(12)17(25)13-7-11-15(9(2)3)21-22(4)18(11)27-13/h7,9-10,12,24H,5-6,8H2,1-4H3/t10-,12-/m1/s1. The van der Waals surface area contributed by atoms with Gasteiger partial charge in [-0.25, -0.2) is 0 Å². The highest BCUT2D eigenvalue weighted by Gasteiger charge is 2.39. The van der Waals surface area contributed by atoms with Gasteiger partial charge in [-0.3, -0.25) is 9.48 Å². The number of carbonyl (C=O) groups excluding carboxylic acids is 1. The molecule has 1 N–H and O–H groups in total. The summed E-state index contributed by atoms with van der Waals surface area (Å²) in [4.78, 5) is 16.5. The Morgan fingerprint density at radius 2 is 2.22 bits per heavy atom. The average Bonchev–Trinajstić information content (AvgIpc) is 3.37. The highest BCUT2D eigenvalue weighted by atomic mass is 32.1. The van der Waals surface area contributed by atoms with Crippen molar-refractivity contribution < 1.29 is 14.3 Å². The predicted molar refractivity (Wildman–Crippen MR) is 101 cm³/mol. The van der Waals surface area contributed by atoms with Gasteiger partial charge in [-0.15, -0.1) is 21.5 Å². The molecule has 4 rings (SSSR count). The van der Waals surface area contributed by atoms with Crippen molar-refractivity contribution in [2.24, 2.45) is 7.05 Å². The molecule has 0 spiro atoms.